The molecule has 2 aromatic heterocycles. The van der Waals surface area contributed by atoms with Gasteiger partial charge in [0.25, 0.3) is 5.56 Å². The first-order chi connectivity index (χ1) is 12.2. The summed E-state index contributed by atoms with van der Waals surface area (Å²) in [4.78, 5) is 37.1. The number of carbonyl (C=O) groups is 1. The van der Waals surface area contributed by atoms with E-state index in [0.717, 1.165) is 18.5 Å². The molecule has 0 saturated heterocycles. The summed E-state index contributed by atoms with van der Waals surface area (Å²) in [6, 6.07) is 7.15. The molecular formula is C17H16N4O2S2. The fourth-order valence-corrected chi connectivity index (χ4v) is 4.56. The predicted molar refractivity (Wildman–Crippen MR) is 100 cm³/mol. The summed E-state index contributed by atoms with van der Waals surface area (Å²) in [6.45, 7) is 0. The van der Waals surface area contributed by atoms with Crippen molar-refractivity contribution in [3.63, 3.8) is 0 Å². The summed E-state index contributed by atoms with van der Waals surface area (Å²) in [5.41, 5.74) is 1.56. The number of nitrogens with one attached hydrogen (secondary N) is 2. The minimum atomic E-state index is -0.193. The zero-order valence-electron chi connectivity index (χ0n) is 13.4. The number of thiazole rings is 1. The number of fused-ring (bicyclic) bond motifs is 2. The number of aromatic nitrogens is 3. The van der Waals surface area contributed by atoms with Gasteiger partial charge >= 0.3 is 0 Å². The highest BCUT2D eigenvalue weighted by molar-refractivity contribution is 7.99. The summed E-state index contributed by atoms with van der Waals surface area (Å²) in [6.07, 6.45) is 4.42. The molecule has 0 radical (unpaired) electrons. The Kier molecular flexibility index (Phi) is 4.54. The molecule has 1 aliphatic carbocycles. The number of benzene rings is 1. The lowest BCUT2D eigenvalue weighted by atomic mass is 10.0. The summed E-state index contributed by atoms with van der Waals surface area (Å²) in [7, 11) is 0. The van der Waals surface area contributed by atoms with Crippen LogP contribution in [0.1, 0.15) is 23.4 Å². The fourth-order valence-electron chi connectivity index (χ4n) is 2.83. The minimum Gasteiger partial charge on any atom is -0.301 e. The van der Waals surface area contributed by atoms with Crippen molar-refractivity contribution in [2.45, 2.75) is 30.8 Å². The van der Waals surface area contributed by atoms with Gasteiger partial charge in [0, 0.05) is 4.88 Å². The molecule has 3 aromatic rings. The van der Waals surface area contributed by atoms with Crippen LogP contribution >= 0.6 is 23.1 Å². The third-order valence-corrected chi connectivity index (χ3v) is 5.97. The number of hydrogen-bond acceptors (Lipinski definition) is 6. The Balaban J connectivity index is 1.42. The van der Waals surface area contributed by atoms with Crippen LogP contribution in [0.3, 0.4) is 0 Å². The van der Waals surface area contributed by atoms with E-state index >= 15 is 0 Å². The van der Waals surface area contributed by atoms with E-state index in [4.69, 9.17) is 0 Å². The van der Waals surface area contributed by atoms with Crippen LogP contribution in [0.25, 0.3) is 10.9 Å². The lowest BCUT2D eigenvalue weighted by Crippen LogP contribution is -2.15. The van der Waals surface area contributed by atoms with E-state index < -0.39 is 0 Å². The Bertz CT molecular complexity index is 972. The molecule has 1 aliphatic rings. The molecule has 0 unspecified atom stereocenters. The lowest BCUT2D eigenvalue weighted by molar-refractivity contribution is -0.113. The molecule has 2 N–H and O–H groups in total. The van der Waals surface area contributed by atoms with Crippen LogP contribution in [0.4, 0.5) is 5.13 Å². The number of rotatable bonds is 4. The molecule has 25 heavy (non-hydrogen) atoms. The molecule has 0 bridgehead atoms. The number of hydrogen-bond donors (Lipinski definition) is 2. The van der Waals surface area contributed by atoms with Gasteiger partial charge < -0.3 is 10.3 Å². The van der Waals surface area contributed by atoms with Gasteiger partial charge in [-0.2, -0.15) is 0 Å². The van der Waals surface area contributed by atoms with Gasteiger partial charge in [0.05, 0.1) is 22.3 Å². The Morgan fingerprint density at radius 3 is 2.96 bits per heavy atom. The first-order valence-electron chi connectivity index (χ1n) is 8.09. The Hall–Kier alpha value is -2.19. The largest absolute Gasteiger partial charge is 0.301 e. The summed E-state index contributed by atoms with van der Waals surface area (Å²) < 4.78 is 0. The third kappa shape index (κ3) is 3.59. The van der Waals surface area contributed by atoms with Crippen molar-refractivity contribution in [2.75, 3.05) is 11.1 Å². The standard InChI is InChI=1S/C17H16N4O2S2/c22-14(20-17-19-12-7-3-4-8-13(12)25-17)9-24-16-18-11-6-2-1-5-10(11)15(23)21-16/h1-2,5-6H,3-4,7-9H2,(H,18,21,23)(H,19,20,22). The molecule has 0 aliphatic heterocycles. The molecule has 1 aromatic carbocycles. The van der Waals surface area contributed by atoms with E-state index in [1.807, 2.05) is 6.07 Å². The first-order valence-corrected chi connectivity index (χ1v) is 9.89. The maximum absolute atomic E-state index is 12.2. The van der Waals surface area contributed by atoms with Crippen LogP contribution in [-0.2, 0) is 17.6 Å². The minimum absolute atomic E-state index is 0.146. The molecule has 0 atom stereocenters. The number of thioether (sulfide) groups is 1. The van der Waals surface area contributed by atoms with E-state index in [-0.39, 0.29) is 17.2 Å². The zero-order chi connectivity index (χ0) is 17.2. The van der Waals surface area contributed by atoms with E-state index in [1.54, 1.807) is 29.5 Å². The second kappa shape index (κ2) is 6.97. The van der Waals surface area contributed by atoms with Gasteiger partial charge in [-0.15, -0.1) is 11.3 Å². The molecule has 0 saturated carbocycles. The van der Waals surface area contributed by atoms with Crippen molar-refractivity contribution < 1.29 is 4.79 Å². The number of aromatic amines is 1. The summed E-state index contributed by atoms with van der Waals surface area (Å²) >= 11 is 2.77. The number of anilines is 1. The lowest BCUT2D eigenvalue weighted by Gasteiger charge is -2.06. The van der Waals surface area contributed by atoms with Crippen LogP contribution in [0.15, 0.2) is 34.2 Å². The second-order valence-electron chi connectivity index (χ2n) is 5.82. The topological polar surface area (TPSA) is 87.7 Å². The predicted octanol–water partition coefficient (Wildman–Crippen LogP) is 2.99. The molecule has 6 nitrogen and oxygen atoms in total. The molecule has 0 spiro atoms. The SMILES string of the molecule is O=C(CSc1nc2ccccc2c(=O)[nH]1)Nc1nc2c(s1)CCCC2. The number of para-hydroxylation sites is 1. The Labute approximate surface area is 152 Å². The molecule has 1 amide bonds. The number of aryl methyl sites for hydroxylation is 2. The number of H-pyrrole nitrogens is 1. The Morgan fingerprint density at radius 2 is 2.08 bits per heavy atom. The van der Waals surface area contributed by atoms with Crippen molar-refractivity contribution >= 4 is 45.0 Å². The zero-order valence-corrected chi connectivity index (χ0v) is 15.0. The van der Waals surface area contributed by atoms with Crippen LogP contribution in [-0.4, -0.2) is 26.6 Å². The van der Waals surface area contributed by atoms with Crippen LogP contribution in [0.2, 0.25) is 0 Å². The maximum Gasteiger partial charge on any atom is 0.259 e. The van der Waals surface area contributed by atoms with Gasteiger partial charge in [-0.25, -0.2) is 9.97 Å². The van der Waals surface area contributed by atoms with E-state index in [0.29, 0.717) is 21.2 Å². The highest BCUT2D eigenvalue weighted by atomic mass is 32.2. The van der Waals surface area contributed by atoms with Crippen molar-refractivity contribution in [2.24, 2.45) is 0 Å². The number of nitrogens with zero attached hydrogens (tertiary/aromatic N) is 2. The van der Waals surface area contributed by atoms with Crippen LogP contribution in [0, 0.1) is 0 Å². The highest BCUT2D eigenvalue weighted by Crippen LogP contribution is 2.29. The summed E-state index contributed by atoms with van der Waals surface area (Å²) in [5.74, 6) is 0.0258. The molecule has 0 fully saturated rings. The molecule has 2 heterocycles. The van der Waals surface area contributed by atoms with Gasteiger partial charge in [-0.05, 0) is 37.8 Å². The van der Waals surface area contributed by atoms with Gasteiger partial charge in [-0.1, -0.05) is 23.9 Å². The van der Waals surface area contributed by atoms with E-state index in [2.05, 4.69) is 20.3 Å². The quantitative estimate of drug-likeness (QED) is 0.543. The maximum atomic E-state index is 12.2. The van der Waals surface area contributed by atoms with Gasteiger partial charge in [0.1, 0.15) is 0 Å². The number of amides is 1. The van der Waals surface area contributed by atoms with Crippen molar-refractivity contribution in [3.05, 3.63) is 45.2 Å². The van der Waals surface area contributed by atoms with Gasteiger partial charge in [-0.3, -0.25) is 9.59 Å². The third-order valence-electron chi connectivity index (χ3n) is 4.02. The number of carbonyl (C=O) groups excluding carboxylic acids is 1. The van der Waals surface area contributed by atoms with Crippen LogP contribution in [0.5, 0.6) is 0 Å². The second-order valence-corrected chi connectivity index (χ2v) is 7.87. The first kappa shape index (κ1) is 16.3. The van der Waals surface area contributed by atoms with Crippen LogP contribution < -0.4 is 10.9 Å². The van der Waals surface area contributed by atoms with E-state index in [1.165, 1.54) is 29.5 Å². The van der Waals surface area contributed by atoms with E-state index in [9.17, 15) is 9.59 Å². The molecule has 128 valence electrons. The molecular weight excluding hydrogens is 356 g/mol. The van der Waals surface area contributed by atoms with Gasteiger partial charge in [0.15, 0.2) is 10.3 Å². The Morgan fingerprint density at radius 1 is 1.24 bits per heavy atom. The molecule has 8 heteroatoms. The average Bonchev–Trinajstić information content (AvgIpc) is 3.02. The van der Waals surface area contributed by atoms with Crippen molar-refractivity contribution in [1.82, 2.24) is 15.0 Å². The monoisotopic (exact) mass is 372 g/mol. The van der Waals surface area contributed by atoms with Crippen molar-refractivity contribution in [3.8, 4) is 0 Å². The van der Waals surface area contributed by atoms with Crippen molar-refractivity contribution in [1.29, 1.82) is 0 Å². The normalized spacial score (nSPS) is 13.6. The smallest absolute Gasteiger partial charge is 0.259 e. The molecule has 4 rings (SSSR count). The average molecular weight is 372 g/mol. The summed E-state index contributed by atoms with van der Waals surface area (Å²) in [5, 5.41) is 4.50. The fraction of sp³-hybridized carbons (Fsp3) is 0.294. The van der Waals surface area contributed by atoms with Gasteiger partial charge in [0.2, 0.25) is 5.91 Å². The highest BCUT2D eigenvalue weighted by Gasteiger charge is 2.16.